The molecule has 0 aliphatic heterocycles. The molecule has 0 atom stereocenters. The summed E-state index contributed by atoms with van der Waals surface area (Å²) < 4.78 is 5.00. The van der Waals surface area contributed by atoms with Gasteiger partial charge in [0.25, 0.3) is 0 Å². The lowest BCUT2D eigenvalue weighted by atomic mass is 9.62. The van der Waals surface area contributed by atoms with Gasteiger partial charge in [-0.15, -0.1) is 0 Å². The summed E-state index contributed by atoms with van der Waals surface area (Å²) in [4.78, 5) is 11.6. The first-order valence-electron chi connectivity index (χ1n) is 6.25. The van der Waals surface area contributed by atoms with Crippen molar-refractivity contribution >= 4 is 5.97 Å². The number of phenolic OH excluding ortho intramolecular Hbond substituents is 2. The molecule has 0 aromatic heterocycles. The SMILES string of the molecule is CCOC(=O)CC1(c2ccc(O)c(O)c2)CCC1. The second-order valence-corrected chi connectivity index (χ2v) is 4.82. The van der Waals surface area contributed by atoms with Crippen molar-refractivity contribution in [2.75, 3.05) is 6.61 Å². The van der Waals surface area contributed by atoms with E-state index in [-0.39, 0.29) is 22.9 Å². The van der Waals surface area contributed by atoms with Crippen molar-refractivity contribution in [3.8, 4) is 11.5 Å². The highest BCUT2D eigenvalue weighted by Crippen LogP contribution is 2.48. The van der Waals surface area contributed by atoms with Gasteiger partial charge in [0.15, 0.2) is 11.5 Å². The zero-order valence-electron chi connectivity index (χ0n) is 10.5. The monoisotopic (exact) mass is 250 g/mol. The first-order valence-corrected chi connectivity index (χ1v) is 6.25. The van der Waals surface area contributed by atoms with Crippen LogP contribution in [0.3, 0.4) is 0 Å². The number of rotatable bonds is 4. The summed E-state index contributed by atoms with van der Waals surface area (Å²) >= 11 is 0. The van der Waals surface area contributed by atoms with E-state index in [1.807, 2.05) is 0 Å². The molecule has 0 unspecified atom stereocenters. The Morgan fingerprint density at radius 1 is 1.33 bits per heavy atom. The van der Waals surface area contributed by atoms with E-state index in [9.17, 15) is 15.0 Å². The maximum atomic E-state index is 11.6. The van der Waals surface area contributed by atoms with E-state index in [0.29, 0.717) is 13.0 Å². The normalized spacial score (nSPS) is 16.9. The Labute approximate surface area is 106 Å². The van der Waals surface area contributed by atoms with Crippen LogP contribution in [0.25, 0.3) is 0 Å². The van der Waals surface area contributed by atoms with Crippen molar-refractivity contribution < 1.29 is 19.7 Å². The number of hydrogen-bond donors (Lipinski definition) is 2. The van der Waals surface area contributed by atoms with Crippen LogP contribution in [0.15, 0.2) is 18.2 Å². The second-order valence-electron chi connectivity index (χ2n) is 4.82. The molecular formula is C14H18O4. The number of phenols is 2. The molecule has 0 spiro atoms. The maximum absolute atomic E-state index is 11.6. The Morgan fingerprint density at radius 2 is 2.06 bits per heavy atom. The topological polar surface area (TPSA) is 66.8 Å². The molecule has 0 amide bonds. The van der Waals surface area contributed by atoms with Crippen LogP contribution < -0.4 is 0 Å². The Kier molecular flexibility index (Phi) is 3.45. The summed E-state index contributed by atoms with van der Waals surface area (Å²) in [5.74, 6) is -0.475. The van der Waals surface area contributed by atoms with Crippen LogP contribution in [0.5, 0.6) is 11.5 Å². The third-order valence-corrected chi connectivity index (χ3v) is 3.69. The molecule has 1 aromatic carbocycles. The van der Waals surface area contributed by atoms with Gasteiger partial charge in [0.2, 0.25) is 0 Å². The van der Waals surface area contributed by atoms with Crippen LogP contribution in [0.2, 0.25) is 0 Å². The highest BCUT2D eigenvalue weighted by molar-refractivity contribution is 5.72. The van der Waals surface area contributed by atoms with Crippen molar-refractivity contribution in [2.24, 2.45) is 0 Å². The van der Waals surface area contributed by atoms with Gasteiger partial charge >= 0.3 is 5.97 Å². The maximum Gasteiger partial charge on any atom is 0.306 e. The predicted octanol–water partition coefficient (Wildman–Crippen LogP) is 2.47. The van der Waals surface area contributed by atoms with Crippen molar-refractivity contribution in [3.63, 3.8) is 0 Å². The van der Waals surface area contributed by atoms with Gasteiger partial charge in [-0.1, -0.05) is 12.5 Å². The summed E-state index contributed by atoms with van der Waals surface area (Å²) in [6, 6.07) is 4.79. The zero-order valence-corrected chi connectivity index (χ0v) is 10.5. The van der Waals surface area contributed by atoms with Gasteiger partial charge < -0.3 is 14.9 Å². The van der Waals surface area contributed by atoms with Crippen molar-refractivity contribution in [3.05, 3.63) is 23.8 Å². The van der Waals surface area contributed by atoms with Crippen molar-refractivity contribution in [1.29, 1.82) is 0 Å². The minimum Gasteiger partial charge on any atom is -0.504 e. The summed E-state index contributed by atoms with van der Waals surface area (Å²) in [5, 5.41) is 18.9. The number of ether oxygens (including phenoxy) is 1. The highest BCUT2D eigenvalue weighted by atomic mass is 16.5. The van der Waals surface area contributed by atoms with E-state index in [1.54, 1.807) is 19.1 Å². The van der Waals surface area contributed by atoms with E-state index < -0.39 is 0 Å². The minimum absolute atomic E-state index is 0.135. The van der Waals surface area contributed by atoms with Crippen LogP contribution in [0.4, 0.5) is 0 Å². The molecule has 98 valence electrons. The first kappa shape index (κ1) is 12.7. The van der Waals surface area contributed by atoms with Crippen molar-refractivity contribution in [2.45, 2.75) is 38.0 Å². The second kappa shape index (κ2) is 4.88. The van der Waals surface area contributed by atoms with E-state index in [0.717, 1.165) is 24.8 Å². The van der Waals surface area contributed by atoms with Gasteiger partial charge in [0.1, 0.15) is 0 Å². The molecule has 1 saturated carbocycles. The molecular weight excluding hydrogens is 232 g/mol. The molecule has 0 radical (unpaired) electrons. The summed E-state index contributed by atoms with van der Waals surface area (Å²) in [7, 11) is 0. The van der Waals surface area contributed by atoms with Crippen molar-refractivity contribution in [1.82, 2.24) is 0 Å². The van der Waals surface area contributed by atoms with E-state index in [4.69, 9.17) is 4.74 Å². The van der Waals surface area contributed by atoms with Gasteiger partial charge in [0, 0.05) is 5.41 Å². The van der Waals surface area contributed by atoms with Gasteiger partial charge in [-0.2, -0.15) is 0 Å². The number of hydrogen-bond acceptors (Lipinski definition) is 4. The lowest BCUT2D eigenvalue weighted by Gasteiger charge is -2.41. The summed E-state index contributed by atoms with van der Waals surface area (Å²) in [6.07, 6.45) is 3.23. The number of carbonyl (C=O) groups is 1. The van der Waals surface area contributed by atoms with Crippen LogP contribution in [-0.2, 0) is 14.9 Å². The average molecular weight is 250 g/mol. The first-order chi connectivity index (χ1) is 8.57. The molecule has 1 aliphatic rings. The lowest BCUT2D eigenvalue weighted by Crippen LogP contribution is -2.37. The molecule has 1 aromatic rings. The van der Waals surface area contributed by atoms with Gasteiger partial charge in [-0.05, 0) is 37.5 Å². The molecule has 0 saturated heterocycles. The van der Waals surface area contributed by atoms with Crippen LogP contribution in [-0.4, -0.2) is 22.8 Å². The summed E-state index contributed by atoms with van der Waals surface area (Å²) in [5.41, 5.74) is 0.675. The Morgan fingerprint density at radius 3 is 2.56 bits per heavy atom. The quantitative estimate of drug-likeness (QED) is 0.636. The van der Waals surface area contributed by atoms with E-state index in [2.05, 4.69) is 0 Å². The van der Waals surface area contributed by atoms with Gasteiger partial charge in [-0.3, -0.25) is 4.79 Å². The fourth-order valence-corrected chi connectivity index (χ4v) is 2.51. The molecule has 2 N–H and O–H groups in total. The van der Waals surface area contributed by atoms with Crippen LogP contribution >= 0.6 is 0 Å². The Balaban J connectivity index is 2.21. The molecule has 0 heterocycles. The largest absolute Gasteiger partial charge is 0.504 e. The zero-order chi connectivity index (χ0) is 13.2. The number of benzene rings is 1. The molecule has 0 bridgehead atoms. The Hall–Kier alpha value is -1.71. The fourth-order valence-electron chi connectivity index (χ4n) is 2.51. The third-order valence-electron chi connectivity index (χ3n) is 3.69. The van der Waals surface area contributed by atoms with E-state index >= 15 is 0 Å². The molecule has 18 heavy (non-hydrogen) atoms. The minimum atomic E-state index is -0.225. The third kappa shape index (κ3) is 2.28. The van der Waals surface area contributed by atoms with E-state index in [1.165, 1.54) is 6.07 Å². The molecule has 1 aliphatic carbocycles. The standard InChI is InChI=1S/C14H18O4/c1-2-18-13(17)9-14(6-3-7-14)10-4-5-11(15)12(16)8-10/h4-5,8,15-16H,2-3,6-7,9H2,1H3. The summed E-state index contributed by atoms with van der Waals surface area (Å²) in [6.45, 7) is 2.17. The molecule has 4 heteroatoms. The number of carbonyl (C=O) groups excluding carboxylic acids is 1. The number of esters is 1. The lowest BCUT2D eigenvalue weighted by molar-refractivity contribution is -0.145. The van der Waals surface area contributed by atoms with Crippen LogP contribution in [0.1, 0.15) is 38.2 Å². The molecule has 2 rings (SSSR count). The fraction of sp³-hybridized carbons (Fsp3) is 0.500. The van der Waals surface area contributed by atoms with Gasteiger partial charge in [0.05, 0.1) is 13.0 Å². The average Bonchev–Trinajstić information content (AvgIpc) is 2.28. The smallest absolute Gasteiger partial charge is 0.306 e. The highest BCUT2D eigenvalue weighted by Gasteiger charge is 2.41. The van der Waals surface area contributed by atoms with Gasteiger partial charge in [-0.25, -0.2) is 0 Å². The number of aromatic hydroxyl groups is 2. The predicted molar refractivity (Wildman–Crippen MR) is 66.6 cm³/mol. The molecule has 4 nitrogen and oxygen atoms in total. The molecule has 1 fully saturated rings. The van der Waals surface area contributed by atoms with Crippen LogP contribution in [0, 0.1) is 0 Å². The Bertz CT molecular complexity index is 449.